The number of hydrogen-bond acceptors (Lipinski definition) is 3. The Balaban J connectivity index is 1.66. The van der Waals surface area contributed by atoms with Gasteiger partial charge in [0.1, 0.15) is 12.4 Å². The van der Waals surface area contributed by atoms with E-state index in [0.29, 0.717) is 11.1 Å². The molecule has 25 heavy (non-hydrogen) atoms. The Morgan fingerprint density at radius 1 is 0.840 bits per heavy atom. The van der Waals surface area contributed by atoms with Crippen molar-refractivity contribution in [3.8, 4) is 18.1 Å². The van der Waals surface area contributed by atoms with Crippen molar-refractivity contribution in [2.75, 3.05) is 6.61 Å². The Labute approximate surface area is 151 Å². The average molecular weight is 344 g/mol. The first-order valence-electron chi connectivity index (χ1n) is 7.80. The Hall–Kier alpha value is -2.96. The van der Waals surface area contributed by atoms with Crippen molar-refractivity contribution >= 4 is 17.5 Å². The fraction of sp³-hybridized carbons (Fsp3) is 0.0455. The van der Waals surface area contributed by atoms with E-state index in [9.17, 15) is 4.79 Å². The van der Waals surface area contributed by atoms with Crippen molar-refractivity contribution in [2.45, 2.75) is 9.79 Å². The molecular formula is C22H16O2S. The number of ketones is 1. The summed E-state index contributed by atoms with van der Waals surface area (Å²) in [5.74, 6) is 3.23. The molecule has 3 aromatic rings. The molecule has 0 fully saturated rings. The molecule has 0 bridgehead atoms. The van der Waals surface area contributed by atoms with E-state index in [0.717, 1.165) is 15.5 Å². The third-order valence-electron chi connectivity index (χ3n) is 3.53. The molecular weight excluding hydrogens is 328 g/mol. The minimum Gasteiger partial charge on any atom is -0.481 e. The number of ether oxygens (including phenoxy) is 1. The van der Waals surface area contributed by atoms with Gasteiger partial charge in [-0.15, -0.1) is 6.42 Å². The molecule has 0 aliphatic carbocycles. The van der Waals surface area contributed by atoms with Crippen LogP contribution in [-0.4, -0.2) is 12.4 Å². The van der Waals surface area contributed by atoms with Gasteiger partial charge in [-0.2, -0.15) is 0 Å². The van der Waals surface area contributed by atoms with Gasteiger partial charge in [0.05, 0.1) is 0 Å². The maximum Gasteiger partial charge on any atom is 0.193 e. The van der Waals surface area contributed by atoms with E-state index in [-0.39, 0.29) is 12.4 Å². The normalized spacial score (nSPS) is 10.0. The van der Waals surface area contributed by atoms with Crippen LogP contribution < -0.4 is 4.74 Å². The lowest BCUT2D eigenvalue weighted by Crippen LogP contribution is -2.00. The quantitative estimate of drug-likeness (QED) is 0.461. The number of rotatable bonds is 6. The van der Waals surface area contributed by atoms with Crippen molar-refractivity contribution < 1.29 is 9.53 Å². The van der Waals surface area contributed by atoms with Crippen LogP contribution in [0.4, 0.5) is 0 Å². The van der Waals surface area contributed by atoms with Crippen LogP contribution in [0.3, 0.4) is 0 Å². The molecule has 0 saturated carbocycles. The third-order valence-corrected chi connectivity index (χ3v) is 4.55. The third kappa shape index (κ3) is 4.53. The zero-order chi connectivity index (χ0) is 17.5. The Morgan fingerprint density at radius 2 is 1.40 bits per heavy atom. The minimum absolute atomic E-state index is 0.0344. The molecule has 3 heteroatoms. The number of carbonyl (C=O) groups is 1. The van der Waals surface area contributed by atoms with E-state index in [2.05, 4.69) is 5.92 Å². The molecule has 2 nitrogen and oxygen atoms in total. The monoisotopic (exact) mass is 344 g/mol. The molecule has 0 N–H and O–H groups in total. The predicted molar refractivity (Wildman–Crippen MR) is 101 cm³/mol. The van der Waals surface area contributed by atoms with Gasteiger partial charge in [0.25, 0.3) is 0 Å². The molecule has 3 aromatic carbocycles. The highest BCUT2D eigenvalue weighted by molar-refractivity contribution is 7.99. The highest BCUT2D eigenvalue weighted by atomic mass is 32.2. The molecule has 0 saturated heterocycles. The highest BCUT2D eigenvalue weighted by Gasteiger charge is 2.08. The zero-order valence-electron chi connectivity index (χ0n) is 13.5. The molecule has 0 heterocycles. The first-order valence-corrected chi connectivity index (χ1v) is 8.62. The smallest absolute Gasteiger partial charge is 0.193 e. The van der Waals surface area contributed by atoms with Gasteiger partial charge < -0.3 is 4.74 Å². The lowest BCUT2D eigenvalue weighted by molar-refractivity contribution is 0.103. The number of carbonyl (C=O) groups excluding carboxylic acids is 1. The molecule has 0 atom stereocenters. The van der Waals surface area contributed by atoms with Crippen molar-refractivity contribution in [3.63, 3.8) is 0 Å². The Kier molecular flexibility index (Phi) is 5.56. The van der Waals surface area contributed by atoms with E-state index in [4.69, 9.17) is 11.2 Å². The van der Waals surface area contributed by atoms with Gasteiger partial charge >= 0.3 is 0 Å². The molecule has 122 valence electrons. The number of hydrogen-bond donors (Lipinski definition) is 0. The summed E-state index contributed by atoms with van der Waals surface area (Å²) in [6, 6.07) is 24.7. The summed E-state index contributed by atoms with van der Waals surface area (Å²) in [6.07, 6.45) is 5.18. The second kappa shape index (κ2) is 8.23. The van der Waals surface area contributed by atoms with Crippen molar-refractivity contribution in [2.24, 2.45) is 0 Å². The van der Waals surface area contributed by atoms with Crippen LogP contribution in [0.15, 0.2) is 88.7 Å². The maximum absolute atomic E-state index is 12.4. The lowest BCUT2D eigenvalue weighted by Gasteiger charge is -2.06. The van der Waals surface area contributed by atoms with Crippen molar-refractivity contribution in [1.29, 1.82) is 0 Å². The molecule has 0 aliphatic rings. The van der Waals surface area contributed by atoms with E-state index in [1.165, 1.54) is 0 Å². The Morgan fingerprint density at radius 3 is 2.00 bits per heavy atom. The van der Waals surface area contributed by atoms with Gasteiger partial charge in [-0.05, 0) is 48.5 Å². The fourth-order valence-electron chi connectivity index (χ4n) is 2.30. The van der Waals surface area contributed by atoms with E-state index in [1.54, 1.807) is 11.8 Å². The standard InChI is InChI=1S/C22H16O2S/c1-2-16-24-19-10-14-21(15-11-19)25-20-12-8-18(9-13-20)22(23)17-6-4-3-5-7-17/h1,3-15H,16H2. The van der Waals surface area contributed by atoms with Crippen LogP contribution in [0.5, 0.6) is 5.75 Å². The molecule has 0 aliphatic heterocycles. The fourth-order valence-corrected chi connectivity index (χ4v) is 3.11. The summed E-state index contributed by atoms with van der Waals surface area (Å²) < 4.78 is 5.36. The molecule has 0 unspecified atom stereocenters. The SMILES string of the molecule is C#CCOc1ccc(Sc2ccc(C(=O)c3ccccc3)cc2)cc1. The van der Waals surface area contributed by atoms with Gasteiger partial charge in [0, 0.05) is 20.9 Å². The summed E-state index contributed by atoms with van der Waals surface area (Å²) in [5, 5.41) is 0. The van der Waals surface area contributed by atoms with Crippen LogP contribution in [0.25, 0.3) is 0 Å². The maximum atomic E-state index is 12.4. The average Bonchev–Trinajstić information content (AvgIpc) is 2.68. The van der Waals surface area contributed by atoms with Crippen LogP contribution in [-0.2, 0) is 0 Å². The van der Waals surface area contributed by atoms with Gasteiger partial charge in [-0.3, -0.25) is 4.79 Å². The summed E-state index contributed by atoms with van der Waals surface area (Å²) in [6.45, 7) is 0.267. The topological polar surface area (TPSA) is 26.3 Å². The molecule has 0 aromatic heterocycles. The van der Waals surface area contributed by atoms with Gasteiger partial charge in [-0.1, -0.05) is 48.0 Å². The highest BCUT2D eigenvalue weighted by Crippen LogP contribution is 2.29. The zero-order valence-corrected chi connectivity index (χ0v) is 14.3. The minimum atomic E-state index is 0.0344. The second-order valence-electron chi connectivity index (χ2n) is 5.29. The first kappa shape index (κ1) is 16.9. The number of terminal acetylenes is 1. The van der Waals surface area contributed by atoms with E-state index in [1.807, 2.05) is 78.9 Å². The lowest BCUT2D eigenvalue weighted by atomic mass is 10.0. The van der Waals surface area contributed by atoms with Crippen LogP contribution in [0, 0.1) is 12.3 Å². The van der Waals surface area contributed by atoms with Crippen LogP contribution in [0.2, 0.25) is 0 Å². The van der Waals surface area contributed by atoms with Crippen LogP contribution >= 0.6 is 11.8 Å². The van der Waals surface area contributed by atoms with Crippen molar-refractivity contribution in [1.82, 2.24) is 0 Å². The molecule has 0 radical (unpaired) electrons. The predicted octanol–water partition coefficient (Wildman–Crippen LogP) is 5.08. The van der Waals surface area contributed by atoms with E-state index < -0.39 is 0 Å². The molecule has 0 spiro atoms. The van der Waals surface area contributed by atoms with E-state index >= 15 is 0 Å². The second-order valence-corrected chi connectivity index (χ2v) is 6.43. The number of benzene rings is 3. The largest absolute Gasteiger partial charge is 0.481 e. The molecule has 3 rings (SSSR count). The van der Waals surface area contributed by atoms with Gasteiger partial charge in [-0.25, -0.2) is 0 Å². The summed E-state index contributed by atoms with van der Waals surface area (Å²) in [4.78, 5) is 14.6. The summed E-state index contributed by atoms with van der Waals surface area (Å²) in [5.41, 5.74) is 1.39. The van der Waals surface area contributed by atoms with Crippen LogP contribution in [0.1, 0.15) is 15.9 Å². The Bertz CT molecular complexity index is 876. The van der Waals surface area contributed by atoms with Crippen molar-refractivity contribution in [3.05, 3.63) is 90.0 Å². The summed E-state index contributed by atoms with van der Waals surface area (Å²) in [7, 11) is 0. The molecule has 0 amide bonds. The summed E-state index contributed by atoms with van der Waals surface area (Å²) >= 11 is 1.63. The van der Waals surface area contributed by atoms with Gasteiger partial charge in [0.2, 0.25) is 0 Å². The van der Waals surface area contributed by atoms with Gasteiger partial charge in [0.15, 0.2) is 5.78 Å². The first-order chi connectivity index (χ1) is 12.3.